The van der Waals surface area contributed by atoms with E-state index in [-0.39, 0.29) is 12.3 Å². The fraction of sp³-hybridized carbons (Fsp3) is 0.300. The summed E-state index contributed by atoms with van der Waals surface area (Å²) in [6.45, 7) is 0.186. The highest BCUT2D eigenvalue weighted by Crippen LogP contribution is 2.25. The molecule has 0 saturated heterocycles. The average Bonchev–Trinajstić information content (AvgIpc) is 2.27. The van der Waals surface area contributed by atoms with Crippen LogP contribution >= 0.6 is 11.8 Å². The van der Waals surface area contributed by atoms with Crippen LogP contribution in [0.4, 0.5) is 5.69 Å². The van der Waals surface area contributed by atoms with Gasteiger partial charge in [0.25, 0.3) is 0 Å². The number of benzene rings is 1. The number of nitrogens with two attached hydrogens (primary N) is 1. The molecule has 0 heterocycles. The zero-order chi connectivity index (χ0) is 12.9. The molecule has 0 unspecified atom stereocenters. The number of hydrogen-bond acceptors (Lipinski definition) is 5. The van der Waals surface area contributed by atoms with Crippen LogP contribution in [0.25, 0.3) is 0 Å². The number of thioether (sulfide) groups is 1. The smallest absolute Gasteiger partial charge is 0.210 e. The van der Waals surface area contributed by atoms with E-state index in [9.17, 15) is 8.42 Å². The summed E-state index contributed by atoms with van der Waals surface area (Å²) in [5.74, 6) is -0.165. The Balaban J connectivity index is 2.82. The predicted molar refractivity (Wildman–Crippen MR) is 69.4 cm³/mol. The summed E-state index contributed by atoms with van der Waals surface area (Å²) >= 11 is 1.47. The van der Waals surface area contributed by atoms with Crippen molar-refractivity contribution in [3.63, 3.8) is 0 Å². The summed E-state index contributed by atoms with van der Waals surface area (Å²) in [5, 5.41) is 16.8. The summed E-state index contributed by atoms with van der Waals surface area (Å²) in [6, 6.07) is 7.49. The lowest BCUT2D eigenvalue weighted by molar-refractivity contribution is 0.598. The van der Waals surface area contributed by atoms with Gasteiger partial charge in [0.2, 0.25) is 10.0 Å². The van der Waals surface area contributed by atoms with Crippen molar-refractivity contribution in [1.29, 1.82) is 5.26 Å². The number of rotatable bonds is 5. The van der Waals surface area contributed by atoms with Gasteiger partial charge in [-0.15, -0.1) is 11.8 Å². The van der Waals surface area contributed by atoms with Gasteiger partial charge in [0, 0.05) is 11.4 Å². The van der Waals surface area contributed by atoms with Crippen molar-refractivity contribution in [2.45, 2.75) is 4.90 Å². The maximum atomic E-state index is 10.8. The molecule has 0 radical (unpaired) electrons. The van der Waals surface area contributed by atoms with Gasteiger partial charge in [0.15, 0.2) is 0 Å². The molecule has 0 fully saturated rings. The van der Waals surface area contributed by atoms with E-state index in [0.29, 0.717) is 11.3 Å². The van der Waals surface area contributed by atoms with Crippen LogP contribution in [0.15, 0.2) is 23.1 Å². The molecule has 0 spiro atoms. The first-order chi connectivity index (χ1) is 7.98. The zero-order valence-electron chi connectivity index (χ0n) is 9.30. The SMILES string of the molecule is CSc1cccc(NCCS(N)(=O)=O)c1C#N. The van der Waals surface area contributed by atoms with Gasteiger partial charge in [-0.05, 0) is 18.4 Å². The summed E-state index contributed by atoms with van der Waals surface area (Å²) in [5.41, 5.74) is 1.15. The molecule has 92 valence electrons. The summed E-state index contributed by atoms with van der Waals surface area (Å²) in [6.07, 6.45) is 1.88. The van der Waals surface area contributed by atoms with Crippen LogP contribution in [0.5, 0.6) is 0 Å². The molecule has 7 heteroatoms. The first-order valence-electron chi connectivity index (χ1n) is 4.79. The lowest BCUT2D eigenvalue weighted by Gasteiger charge is -2.09. The molecule has 0 saturated carbocycles. The minimum absolute atomic E-state index is 0.165. The van der Waals surface area contributed by atoms with E-state index >= 15 is 0 Å². The van der Waals surface area contributed by atoms with E-state index in [4.69, 9.17) is 10.4 Å². The van der Waals surface area contributed by atoms with Crippen LogP contribution in [0.1, 0.15) is 5.56 Å². The second kappa shape index (κ2) is 5.91. The number of nitrogens with zero attached hydrogens (tertiary/aromatic N) is 1. The lowest BCUT2D eigenvalue weighted by Crippen LogP contribution is -2.22. The maximum Gasteiger partial charge on any atom is 0.210 e. The van der Waals surface area contributed by atoms with E-state index in [1.54, 1.807) is 6.07 Å². The fourth-order valence-corrected chi connectivity index (χ4v) is 2.25. The van der Waals surface area contributed by atoms with Gasteiger partial charge >= 0.3 is 0 Å². The monoisotopic (exact) mass is 271 g/mol. The molecular formula is C10H13N3O2S2. The summed E-state index contributed by atoms with van der Waals surface area (Å²) < 4.78 is 21.5. The Morgan fingerprint density at radius 1 is 1.53 bits per heavy atom. The van der Waals surface area contributed by atoms with Crippen LogP contribution in [0, 0.1) is 11.3 Å². The molecule has 1 aromatic rings. The van der Waals surface area contributed by atoms with Crippen LogP contribution in [0.3, 0.4) is 0 Å². The Bertz CT molecular complexity index is 535. The van der Waals surface area contributed by atoms with Gasteiger partial charge in [0.05, 0.1) is 17.0 Å². The summed E-state index contributed by atoms with van der Waals surface area (Å²) in [7, 11) is -3.48. The van der Waals surface area contributed by atoms with Crippen LogP contribution in [0.2, 0.25) is 0 Å². The zero-order valence-corrected chi connectivity index (χ0v) is 10.9. The molecular weight excluding hydrogens is 258 g/mol. The quantitative estimate of drug-likeness (QED) is 0.778. The molecule has 0 aliphatic rings. The molecule has 1 aromatic carbocycles. The highest BCUT2D eigenvalue weighted by molar-refractivity contribution is 7.98. The maximum absolute atomic E-state index is 10.8. The van der Waals surface area contributed by atoms with E-state index in [0.717, 1.165) is 4.90 Å². The third-order valence-corrected chi connectivity index (χ3v) is 3.61. The van der Waals surface area contributed by atoms with Crippen LogP contribution < -0.4 is 10.5 Å². The average molecular weight is 271 g/mol. The number of anilines is 1. The van der Waals surface area contributed by atoms with Crippen molar-refractivity contribution in [3.05, 3.63) is 23.8 Å². The Hall–Kier alpha value is -1.23. The van der Waals surface area contributed by atoms with Crippen molar-refractivity contribution in [1.82, 2.24) is 0 Å². The minimum Gasteiger partial charge on any atom is -0.383 e. The number of nitriles is 1. The van der Waals surface area contributed by atoms with Crippen molar-refractivity contribution >= 4 is 27.5 Å². The van der Waals surface area contributed by atoms with E-state index < -0.39 is 10.0 Å². The molecule has 0 amide bonds. The predicted octanol–water partition coefficient (Wildman–Crippen LogP) is 0.981. The largest absolute Gasteiger partial charge is 0.383 e. The molecule has 1 rings (SSSR count). The van der Waals surface area contributed by atoms with Crippen LogP contribution in [-0.2, 0) is 10.0 Å². The molecule has 0 bridgehead atoms. The van der Waals surface area contributed by atoms with Crippen molar-refractivity contribution in [3.8, 4) is 6.07 Å². The fourth-order valence-electron chi connectivity index (χ4n) is 1.29. The van der Waals surface area contributed by atoms with Gasteiger partial charge < -0.3 is 5.32 Å². The molecule has 0 atom stereocenters. The molecule has 5 nitrogen and oxygen atoms in total. The number of sulfonamides is 1. The molecule has 0 aliphatic heterocycles. The highest BCUT2D eigenvalue weighted by atomic mass is 32.2. The van der Waals surface area contributed by atoms with Gasteiger partial charge in [-0.25, -0.2) is 13.6 Å². The van der Waals surface area contributed by atoms with E-state index in [2.05, 4.69) is 11.4 Å². The van der Waals surface area contributed by atoms with Crippen molar-refractivity contribution in [2.24, 2.45) is 5.14 Å². The third kappa shape index (κ3) is 4.26. The van der Waals surface area contributed by atoms with Crippen LogP contribution in [-0.4, -0.2) is 27.0 Å². The number of primary sulfonamides is 1. The molecule has 17 heavy (non-hydrogen) atoms. The van der Waals surface area contributed by atoms with Crippen molar-refractivity contribution in [2.75, 3.05) is 23.9 Å². The van der Waals surface area contributed by atoms with Gasteiger partial charge in [0.1, 0.15) is 6.07 Å². The first-order valence-corrected chi connectivity index (χ1v) is 7.73. The molecule has 3 N–H and O–H groups in total. The Labute approximate surface area is 105 Å². The van der Waals surface area contributed by atoms with E-state index in [1.165, 1.54) is 11.8 Å². The Kier molecular flexibility index (Phi) is 4.81. The lowest BCUT2D eigenvalue weighted by atomic mass is 10.2. The van der Waals surface area contributed by atoms with Gasteiger partial charge in [-0.3, -0.25) is 0 Å². The molecule has 0 aliphatic carbocycles. The van der Waals surface area contributed by atoms with Gasteiger partial charge in [-0.2, -0.15) is 5.26 Å². The van der Waals surface area contributed by atoms with E-state index in [1.807, 2.05) is 18.4 Å². The first kappa shape index (κ1) is 13.8. The number of nitrogens with one attached hydrogen (secondary N) is 1. The topological polar surface area (TPSA) is 96.0 Å². The Morgan fingerprint density at radius 2 is 2.24 bits per heavy atom. The normalized spacial score (nSPS) is 10.9. The highest BCUT2D eigenvalue weighted by Gasteiger charge is 2.08. The van der Waals surface area contributed by atoms with Crippen molar-refractivity contribution < 1.29 is 8.42 Å². The van der Waals surface area contributed by atoms with Gasteiger partial charge in [-0.1, -0.05) is 6.07 Å². The third-order valence-electron chi connectivity index (χ3n) is 2.06. The summed E-state index contributed by atoms with van der Waals surface area (Å²) in [4.78, 5) is 0.855. The molecule has 0 aromatic heterocycles. The Morgan fingerprint density at radius 3 is 2.76 bits per heavy atom. The minimum atomic E-state index is -3.48. The second-order valence-corrected chi connectivity index (χ2v) is 5.87. The number of hydrogen-bond donors (Lipinski definition) is 2. The standard InChI is InChI=1S/C10H13N3O2S2/c1-16-10-4-2-3-9(8(10)7-11)13-5-6-17(12,14)15/h2-4,13H,5-6H2,1H3,(H2,12,14,15). The second-order valence-electron chi connectivity index (χ2n) is 3.29.